The zero-order valence-electron chi connectivity index (χ0n) is 15.0. The van der Waals surface area contributed by atoms with E-state index in [1.54, 1.807) is 30.0 Å². The van der Waals surface area contributed by atoms with Crippen LogP contribution in [0.2, 0.25) is 0 Å². The topological polar surface area (TPSA) is 107 Å². The number of hydrogen-bond donors (Lipinski definition) is 1. The molecule has 144 valence electrons. The number of fused-ring (bicyclic) bond motifs is 1. The molecule has 0 aliphatic carbocycles. The van der Waals surface area contributed by atoms with Gasteiger partial charge in [-0.05, 0) is 38.0 Å². The molecular formula is C18H21BrN4O4. The molecule has 2 amide bonds. The molecule has 2 heterocycles. The Morgan fingerprint density at radius 3 is 2.44 bits per heavy atom. The van der Waals surface area contributed by atoms with Gasteiger partial charge in [0.2, 0.25) is 11.8 Å². The highest BCUT2D eigenvalue weighted by atomic mass is 79.9. The standard InChI is InChI=1S/C18H21BrN4O4/c1-2-22-17(26)13-9-12(19)3-4-14(13)23(18(22)27)10-15(24)21-7-5-11(6-8-21)16(20)25/h3-4,9,11H,2,5-8,10H2,1H3,(H2,20,25). The lowest BCUT2D eigenvalue weighted by molar-refractivity contribution is -0.135. The molecule has 0 unspecified atom stereocenters. The summed E-state index contributed by atoms with van der Waals surface area (Å²) in [6.45, 7) is 2.64. The molecule has 0 radical (unpaired) electrons. The van der Waals surface area contributed by atoms with E-state index in [9.17, 15) is 19.2 Å². The number of carbonyl (C=O) groups is 2. The van der Waals surface area contributed by atoms with Gasteiger partial charge in [-0.15, -0.1) is 0 Å². The van der Waals surface area contributed by atoms with Crippen LogP contribution in [0.4, 0.5) is 0 Å². The number of nitrogens with zero attached hydrogens (tertiary/aromatic N) is 3. The summed E-state index contributed by atoms with van der Waals surface area (Å²) in [5.41, 5.74) is 4.88. The van der Waals surface area contributed by atoms with E-state index in [1.165, 1.54) is 4.57 Å². The Morgan fingerprint density at radius 1 is 1.19 bits per heavy atom. The fourth-order valence-corrected chi connectivity index (χ4v) is 3.84. The van der Waals surface area contributed by atoms with Crippen LogP contribution in [0.25, 0.3) is 10.9 Å². The summed E-state index contributed by atoms with van der Waals surface area (Å²) in [7, 11) is 0. The van der Waals surface area contributed by atoms with E-state index < -0.39 is 5.69 Å². The van der Waals surface area contributed by atoms with Crippen molar-refractivity contribution in [2.24, 2.45) is 11.7 Å². The third-order valence-corrected chi connectivity index (χ3v) is 5.54. The summed E-state index contributed by atoms with van der Waals surface area (Å²) >= 11 is 3.34. The number of nitrogens with two attached hydrogens (primary N) is 1. The minimum Gasteiger partial charge on any atom is -0.369 e. The number of primary amides is 1. The average molecular weight is 437 g/mol. The molecular weight excluding hydrogens is 416 g/mol. The van der Waals surface area contributed by atoms with E-state index in [4.69, 9.17) is 5.73 Å². The fraction of sp³-hybridized carbons (Fsp3) is 0.444. The third kappa shape index (κ3) is 3.69. The molecule has 1 fully saturated rings. The van der Waals surface area contributed by atoms with Gasteiger partial charge in [0.15, 0.2) is 0 Å². The molecule has 9 heteroatoms. The Morgan fingerprint density at radius 2 is 1.85 bits per heavy atom. The van der Waals surface area contributed by atoms with Gasteiger partial charge < -0.3 is 10.6 Å². The molecule has 1 saturated heterocycles. The van der Waals surface area contributed by atoms with Gasteiger partial charge in [-0.3, -0.25) is 23.5 Å². The maximum atomic E-state index is 12.8. The molecule has 3 rings (SSSR count). The van der Waals surface area contributed by atoms with Crippen molar-refractivity contribution in [3.05, 3.63) is 43.5 Å². The average Bonchev–Trinajstić information content (AvgIpc) is 2.65. The minimum atomic E-state index is -0.502. The molecule has 2 N–H and O–H groups in total. The summed E-state index contributed by atoms with van der Waals surface area (Å²) in [6.07, 6.45) is 1.05. The van der Waals surface area contributed by atoms with Crippen LogP contribution in [0.1, 0.15) is 19.8 Å². The highest BCUT2D eigenvalue weighted by Crippen LogP contribution is 2.18. The van der Waals surface area contributed by atoms with Gasteiger partial charge in [-0.2, -0.15) is 0 Å². The SMILES string of the molecule is CCn1c(=O)c2cc(Br)ccc2n(CC(=O)N2CCC(C(N)=O)CC2)c1=O. The largest absolute Gasteiger partial charge is 0.369 e. The molecule has 2 aromatic rings. The van der Waals surface area contributed by atoms with E-state index >= 15 is 0 Å². The summed E-state index contributed by atoms with van der Waals surface area (Å²) in [4.78, 5) is 51.0. The van der Waals surface area contributed by atoms with Crippen molar-refractivity contribution in [3.8, 4) is 0 Å². The lowest BCUT2D eigenvalue weighted by Crippen LogP contribution is -2.46. The number of piperidine rings is 1. The summed E-state index contributed by atoms with van der Waals surface area (Å²) in [5, 5.41) is 0.381. The Bertz CT molecular complexity index is 1020. The van der Waals surface area contributed by atoms with Crippen molar-refractivity contribution in [2.45, 2.75) is 32.9 Å². The van der Waals surface area contributed by atoms with Crippen LogP contribution in [0.3, 0.4) is 0 Å². The molecule has 0 spiro atoms. The quantitative estimate of drug-likeness (QED) is 0.759. The van der Waals surface area contributed by atoms with E-state index in [0.717, 1.165) is 9.04 Å². The first-order chi connectivity index (χ1) is 12.8. The number of rotatable bonds is 4. The smallest absolute Gasteiger partial charge is 0.331 e. The summed E-state index contributed by atoms with van der Waals surface area (Å²) in [6, 6.07) is 5.05. The lowest BCUT2D eigenvalue weighted by Gasteiger charge is -2.30. The zero-order chi connectivity index (χ0) is 19.7. The molecule has 27 heavy (non-hydrogen) atoms. The summed E-state index contributed by atoms with van der Waals surface area (Å²) in [5.74, 6) is -0.771. The number of carbonyl (C=O) groups excluding carboxylic acids is 2. The second-order valence-corrected chi connectivity index (χ2v) is 7.55. The van der Waals surface area contributed by atoms with Crippen molar-refractivity contribution in [2.75, 3.05) is 13.1 Å². The first-order valence-electron chi connectivity index (χ1n) is 8.83. The molecule has 0 saturated carbocycles. The predicted octanol–water partition coefficient (Wildman–Crippen LogP) is 0.669. The molecule has 1 aromatic heterocycles. The Balaban J connectivity index is 1.95. The van der Waals surface area contributed by atoms with Gasteiger partial charge in [0, 0.05) is 30.0 Å². The Labute approximate surface area is 163 Å². The second kappa shape index (κ2) is 7.67. The first kappa shape index (κ1) is 19.3. The number of amides is 2. The number of aromatic nitrogens is 2. The van der Waals surface area contributed by atoms with Gasteiger partial charge in [-0.25, -0.2) is 4.79 Å². The van der Waals surface area contributed by atoms with Crippen LogP contribution in [0, 0.1) is 5.92 Å². The van der Waals surface area contributed by atoms with E-state index in [-0.39, 0.29) is 36.4 Å². The lowest BCUT2D eigenvalue weighted by atomic mass is 9.96. The van der Waals surface area contributed by atoms with E-state index in [0.29, 0.717) is 36.8 Å². The maximum Gasteiger partial charge on any atom is 0.331 e. The van der Waals surface area contributed by atoms with Crippen molar-refractivity contribution < 1.29 is 9.59 Å². The van der Waals surface area contributed by atoms with Crippen LogP contribution in [-0.2, 0) is 22.7 Å². The number of likely N-dealkylation sites (tertiary alicyclic amines) is 1. The molecule has 0 bridgehead atoms. The van der Waals surface area contributed by atoms with Crippen LogP contribution < -0.4 is 17.0 Å². The molecule has 0 atom stereocenters. The van der Waals surface area contributed by atoms with Crippen molar-refractivity contribution in [1.29, 1.82) is 0 Å². The number of benzene rings is 1. The fourth-order valence-electron chi connectivity index (χ4n) is 3.48. The monoisotopic (exact) mass is 436 g/mol. The number of halogens is 1. The van der Waals surface area contributed by atoms with Gasteiger partial charge in [0.25, 0.3) is 5.56 Å². The van der Waals surface area contributed by atoms with Crippen molar-refractivity contribution in [1.82, 2.24) is 14.0 Å². The molecule has 1 aliphatic rings. The van der Waals surface area contributed by atoms with Crippen LogP contribution in [0.15, 0.2) is 32.3 Å². The minimum absolute atomic E-state index is 0.154. The van der Waals surface area contributed by atoms with Gasteiger partial charge in [-0.1, -0.05) is 15.9 Å². The van der Waals surface area contributed by atoms with E-state index in [2.05, 4.69) is 15.9 Å². The zero-order valence-corrected chi connectivity index (χ0v) is 16.6. The maximum absolute atomic E-state index is 12.8. The van der Waals surface area contributed by atoms with E-state index in [1.807, 2.05) is 0 Å². The van der Waals surface area contributed by atoms with Gasteiger partial charge in [0.05, 0.1) is 10.9 Å². The third-order valence-electron chi connectivity index (χ3n) is 5.05. The van der Waals surface area contributed by atoms with Gasteiger partial charge >= 0.3 is 5.69 Å². The highest BCUT2D eigenvalue weighted by Gasteiger charge is 2.26. The van der Waals surface area contributed by atoms with Crippen LogP contribution in [-0.4, -0.2) is 38.9 Å². The number of hydrogen-bond acceptors (Lipinski definition) is 4. The summed E-state index contributed by atoms with van der Waals surface area (Å²) < 4.78 is 3.19. The molecule has 8 nitrogen and oxygen atoms in total. The van der Waals surface area contributed by atoms with Crippen molar-refractivity contribution in [3.63, 3.8) is 0 Å². The Hall–Kier alpha value is -2.42. The van der Waals surface area contributed by atoms with Crippen LogP contribution >= 0.6 is 15.9 Å². The molecule has 1 aliphatic heterocycles. The Kier molecular flexibility index (Phi) is 5.50. The molecule has 1 aromatic carbocycles. The normalized spacial score (nSPS) is 15.3. The first-order valence-corrected chi connectivity index (χ1v) is 9.62. The van der Waals surface area contributed by atoms with Crippen LogP contribution in [0.5, 0.6) is 0 Å². The predicted molar refractivity (Wildman–Crippen MR) is 104 cm³/mol. The highest BCUT2D eigenvalue weighted by molar-refractivity contribution is 9.10. The van der Waals surface area contributed by atoms with Crippen molar-refractivity contribution >= 4 is 38.6 Å². The van der Waals surface area contributed by atoms with Gasteiger partial charge in [0.1, 0.15) is 6.54 Å². The second-order valence-electron chi connectivity index (χ2n) is 6.64.